The highest BCUT2D eigenvalue weighted by Crippen LogP contribution is 2.19. The van der Waals surface area contributed by atoms with Crippen molar-refractivity contribution in [1.29, 1.82) is 0 Å². The van der Waals surface area contributed by atoms with Crippen molar-refractivity contribution in [2.75, 3.05) is 11.1 Å². The number of amides is 1. The van der Waals surface area contributed by atoms with Gasteiger partial charge in [0, 0.05) is 12.8 Å². The Morgan fingerprint density at radius 1 is 1.39 bits per heavy atom. The van der Waals surface area contributed by atoms with E-state index in [9.17, 15) is 9.18 Å². The fourth-order valence-electron chi connectivity index (χ4n) is 1.55. The van der Waals surface area contributed by atoms with E-state index in [4.69, 9.17) is 10.2 Å². The van der Waals surface area contributed by atoms with Gasteiger partial charge in [0.1, 0.15) is 11.6 Å². The van der Waals surface area contributed by atoms with Gasteiger partial charge in [-0.15, -0.1) is 0 Å². The molecule has 94 valence electrons. The molecule has 1 aromatic heterocycles. The summed E-state index contributed by atoms with van der Waals surface area (Å²) in [7, 11) is 0. The zero-order valence-corrected chi connectivity index (χ0v) is 9.65. The fourth-order valence-corrected chi connectivity index (χ4v) is 1.55. The lowest BCUT2D eigenvalue weighted by atomic mass is 10.2. The van der Waals surface area contributed by atoms with Gasteiger partial charge in [-0.1, -0.05) is 0 Å². The smallest absolute Gasteiger partial charge is 0.224 e. The van der Waals surface area contributed by atoms with E-state index in [1.165, 1.54) is 18.2 Å². The fraction of sp³-hybridized carbons (Fsp3) is 0.154. The third-order valence-electron chi connectivity index (χ3n) is 2.47. The Morgan fingerprint density at radius 2 is 2.22 bits per heavy atom. The Balaban J connectivity index is 1.91. The van der Waals surface area contributed by atoms with Crippen LogP contribution >= 0.6 is 0 Å². The molecule has 3 N–H and O–H groups in total. The molecule has 1 amide bonds. The molecule has 0 saturated carbocycles. The number of hydrogen-bond donors (Lipinski definition) is 2. The first-order chi connectivity index (χ1) is 8.65. The second-order valence-corrected chi connectivity index (χ2v) is 3.86. The standard InChI is InChI=1S/C13H13FN2O2/c14-9-3-5-12(11(15)8-9)16-13(17)6-4-10-2-1-7-18-10/h1-3,5,7-8H,4,6,15H2,(H,16,17). The summed E-state index contributed by atoms with van der Waals surface area (Å²) < 4.78 is 17.9. The summed E-state index contributed by atoms with van der Waals surface area (Å²) in [4.78, 5) is 11.6. The van der Waals surface area contributed by atoms with Crippen LogP contribution in [0.5, 0.6) is 0 Å². The predicted octanol–water partition coefficient (Wildman–Crippen LogP) is 2.57. The average Bonchev–Trinajstić information content (AvgIpc) is 2.83. The number of rotatable bonds is 4. The molecule has 0 fully saturated rings. The third-order valence-corrected chi connectivity index (χ3v) is 2.47. The third kappa shape index (κ3) is 3.10. The van der Waals surface area contributed by atoms with E-state index in [1.54, 1.807) is 18.4 Å². The summed E-state index contributed by atoms with van der Waals surface area (Å²) in [6.07, 6.45) is 2.36. The maximum Gasteiger partial charge on any atom is 0.224 e. The normalized spacial score (nSPS) is 10.3. The Morgan fingerprint density at radius 3 is 2.89 bits per heavy atom. The summed E-state index contributed by atoms with van der Waals surface area (Å²) >= 11 is 0. The highest BCUT2D eigenvalue weighted by Gasteiger charge is 2.07. The van der Waals surface area contributed by atoms with Crippen LogP contribution in [0.4, 0.5) is 15.8 Å². The first kappa shape index (κ1) is 12.2. The zero-order valence-electron chi connectivity index (χ0n) is 9.65. The maximum absolute atomic E-state index is 12.8. The maximum atomic E-state index is 12.8. The molecule has 0 saturated heterocycles. The van der Waals surface area contributed by atoms with Crippen LogP contribution in [0.15, 0.2) is 41.0 Å². The molecule has 18 heavy (non-hydrogen) atoms. The summed E-state index contributed by atoms with van der Waals surface area (Å²) in [6, 6.07) is 7.43. The number of anilines is 2. The molecule has 0 unspecified atom stereocenters. The molecule has 0 atom stereocenters. The largest absolute Gasteiger partial charge is 0.469 e. The zero-order chi connectivity index (χ0) is 13.0. The van der Waals surface area contributed by atoms with Crippen LogP contribution in [0.25, 0.3) is 0 Å². The van der Waals surface area contributed by atoms with E-state index >= 15 is 0 Å². The van der Waals surface area contributed by atoms with E-state index in [1.807, 2.05) is 0 Å². The summed E-state index contributed by atoms with van der Waals surface area (Å²) in [5, 5.41) is 2.63. The van der Waals surface area contributed by atoms with Crippen LogP contribution in [0, 0.1) is 5.82 Å². The first-order valence-electron chi connectivity index (χ1n) is 5.52. The Kier molecular flexibility index (Phi) is 3.62. The molecule has 1 heterocycles. The molecule has 0 bridgehead atoms. The molecular formula is C13H13FN2O2. The van der Waals surface area contributed by atoms with Crippen LogP contribution in [0.3, 0.4) is 0 Å². The van der Waals surface area contributed by atoms with E-state index in [2.05, 4.69) is 5.32 Å². The monoisotopic (exact) mass is 248 g/mol. The van der Waals surface area contributed by atoms with Gasteiger partial charge in [-0.25, -0.2) is 4.39 Å². The quantitative estimate of drug-likeness (QED) is 0.817. The number of benzene rings is 1. The molecule has 5 heteroatoms. The molecular weight excluding hydrogens is 235 g/mol. The molecule has 0 aliphatic rings. The van der Waals surface area contributed by atoms with Crippen LogP contribution < -0.4 is 11.1 Å². The number of carbonyl (C=O) groups is 1. The topological polar surface area (TPSA) is 68.3 Å². The number of hydrogen-bond acceptors (Lipinski definition) is 3. The van der Waals surface area contributed by atoms with Crippen molar-refractivity contribution < 1.29 is 13.6 Å². The van der Waals surface area contributed by atoms with Gasteiger partial charge in [-0.2, -0.15) is 0 Å². The van der Waals surface area contributed by atoms with Crippen molar-refractivity contribution in [3.8, 4) is 0 Å². The lowest BCUT2D eigenvalue weighted by molar-refractivity contribution is -0.116. The Hall–Kier alpha value is -2.30. The summed E-state index contributed by atoms with van der Waals surface area (Å²) in [6.45, 7) is 0. The molecule has 0 spiro atoms. The Labute approximate surface area is 104 Å². The number of nitrogens with one attached hydrogen (secondary N) is 1. The lowest BCUT2D eigenvalue weighted by Crippen LogP contribution is -2.13. The number of nitrogens with two attached hydrogens (primary N) is 1. The highest BCUT2D eigenvalue weighted by atomic mass is 19.1. The number of halogens is 1. The summed E-state index contributed by atoms with van der Waals surface area (Å²) in [5.74, 6) is 0.128. The van der Waals surface area contributed by atoms with Gasteiger partial charge in [-0.05, 0) is 30.3 Å². The van der Waals surface area contributed by atoms with E-state index in [-0.39, 0.29) is 18.0 Å². The predicted molar refractivity (Wildman–Crippen MR) is 66.5 cm³/mol. The van der Waals surface area contributed by atoms with Gasteiger partial charge in [0.05, 0.1) is 17.6 Å². The van der Waals surface area contributed by atoms with Crippen molar-refractivity contribution in [2.24, 2.45) is 0 Å². The van der Waals surface area contributed by atoms with Crippen molar-refractivity contribution >= 4 is 17.3 Å². The molecule has 0 radical (unpaired) electrons. The van der Waals surface area contributed by atoms with Gasteiger partial charge < -0.3 is 15.5 Å². The first-order valence-corrected chi connectivity index (χ1v) is 5.52. The minimum absolute atomic E-state index is 0.190. The Bertz CT molecular complexity index is 538. The molecule has 0 aliphatic carbocycles. The van der Waals surface area contributed by atoms with Gasteiger partial charge >= 0.3 is 0 Å². The molecule has 4 nitrogen and oxygen atoms in total. The second-order valence-electron chi connectivity index (χ2n) is 3.86. The number of carbonyl (C=O) groups excluding carboxylic acids is 1. The molecule has 1 aromatic carbocycles. The molecule has 2 rings (SSSR count). The van der Waals surface area contributed by atoms with Crippen LogP contribution in [0.2, 0.25) is 0 Å². The summed E-state index contributed by atoms with van der Waals surface area (Å²) in [5.41, 5.74) is 6.21. The number of aryl methyl sites for hydroxylation is 1. The van der Waals surface area contributed by atoms with Gasteiger partial charge in [-0.3, -0.25) is 4.79 Å². The van der Waals surface area contributed by atoms with Crippen LogP contribution in [-0.2, 0) is 11.2 Å². The van der Waals surface area contributed by atoms with Crippen molar-refractivity contribution in [2.45, 2.75) is 12.8 Å². The number of nitrogen functional groups attached to an aromatic ring is 1. The average molecular weight is 248 g/mol. The van der Waals surface area contributed by atoms with E-state index < -0.39 is 5.82 Å². The molecule has 0 aliphatic heterocycles. The van der Waals surface area contributed by atoms with Crippen molar-refractivity contribution in [3.05, 3.63) is 48.2 Å². The van der Waals surface area contributed by atoms with E-state index in [0.29, 0.717) is 12.1 Å². The van der Waals surface area contributed by atoms with E-state index in [0.717, 1.165) is 5.76 Å². The van der Waals surface area contributed by atoms with Gasteiger partial charge in [0.2, 0.25) is 5.91 Å². The SMILES string of the molecule is Nc1cc(F)ccc1NC(=O)CCc1ccco1. The minimum Gasteiger partial charge on any atom is -0.469 e. The van der Waals surface area contributed by atoms with Gasteiger partial charge in [0.25, 0.3) is 0 Å². The minimum atomic E-state index is -0.430. The van der Waals surface area contributed by atoms with Crippen molar-refractivity contribution in [1.82, 2.24) is 0 Å². The highest BCUT2D eigenvalue weighted by molar-refractivity contribution is 5.93. The van der Waals surface area contributed by atoms with Crippen LogP contribution in [0.1, 0.15) is 12.2 Å². The van der Waals surface area contributed by atoms with Gasteiger partial charge in [0.15, 0.2) is 0 Å². The van der Waals surface area contributed by atoms with Crippen molar-refractivity contribution in [3.63, 3.8) is 0 Å². The second kappa shape index (κ2) is 5.35. The molecule has 2 aromatic rings. The lowest BCUT2D eigenvalue weighted by Gasteiger charge is -2.07. The van der Waals surface area contributed by atoms with Crippen LogP contribution in [-0.4, -0.2) is 5.91 Å². The number of furan rings is 1.